The first-order chi connectivity index (χ1) is 11.6. The van der Waals surface area contributed by atoms with Gasteiger partial charge in [0, 0.05) is 12.0 Å². The van der Waals surface area contributed by atoms with Gasteiger partial charge in [0.25, 0.3) is 5.56 Å². The zero-order chi connectivity index (χ0) is 17.1. The molecule has 1 atom stereocenters. The van der Waals surface area contributed by atoms with E-state index in [1.165, 1.54) is 16.6 Å². The number of carbonyl (C=O) groups excluding carboxylic acids is 1. The third kappa shape index (κ3) is 3.81. The zero-order valence-electron chi connectivity index (χ0n) is 13.7. The number of aromatic amines is 1. The van der Waals surface area contributed by atoms with Gasteiger partial charge < -0.3 is 14.5 Å². The quantitative estimate of drug-likeness (QED) is 0.365. The van der Waals surface area contributed by atoms with Crippen LogP contribution >= 0.6 is 23.1 Å². The molecule has 0 radical (unpaired) electrons. The lowest BCUT2D eigenvalue weighted by Gasteiger charge is -2.17. The molecule has 2 heterocycles. The molecular weight excluding hydrogens is 348 g/mol. The first kappa shape index (κ1) is 17.4. The maximum absolute atomic E-state index is 12.4. The minimum atomic E-state index is -0.348. The largest absolute Gasteiger partial charge is 0.463 e. The van der Waals surface area contributed by atoms with Crippen molar-refractivity contribution in [3.8, 4) is 0 Å². The van der Waals surface area contributed by atoms with Gasteiger partial charge >= 0.3 is 5.97 Å². The van der Waals surface area contributed by atoms with E-state index in [1.807, 2.05) is 0 Å². The third-order valence-corrected chi connectivity index (χ3v) is 6.02. The average molecular weight is 368 g/mol. The number of fused-ring (bicyclic) bond motifs is 3. The molecule has 1 N–H and O–H groups in total. The fourth-order valence-corrected chi connectivity index (χ4v) is 4.91. The molecule has 8 heteroatoms. The fourth-order valence-electron chi connectivity index (χ4n) is 2.81. The number of hydrogen-bond acceptors (Lipinski definition) is 7. The minimum absolute atomic E-state index is 0.109. The van der Waals surface area contributed by atoms with Gasteiger partial charge in [-0.15, -0.1) is 11.3 Å². The molecule has 0 spiro atoms. The van der Waals surface area contributed by atoms with E-state index < -0.39 is 0 Å². The highest BCUT2D eigenvalue weighted by Crippen LogP contribution is 2.36. The summed E-state index contributed by atoms with van der Waals surface area (Å²) in [7, 11) is 1.55. The Morgan fingerprint density at radius 3 is 3.08 bits per heavy atom. The number of aromatic nitrogens is 2. The van der Waals surface area contributed by atoms with Gasteiger partial charge in [-0.3, -0.25) is 9.59 Å². The van der Waals surface area contributed by atoms with Gasteiger partial charge in [-0.25, -0.2) is 4.98 Å². The Bertz CT molecular complexity index is 799. The standard InChI is InChI=1S/C16H20N2O4S2/c1-9-3-4-10-11(7-9)24-15-13(10)14(20)17-16(18-15)23-8-12(19)22-6-5-21-2/h9H,3-8H2,1-2H3,(H,17,18,20). The molecule has 2 aromatic rings. The summed E-state index contributed by atoms with van der Waals surface area (Å²) >= 11 is 2.79. The smallest absolute Gasteiger partial charge is 0.316 e. The van der Waals surface area contributed by atoms with E-state index in [9.17, 15) is 9.59 Å². The number of ether oxygens (including phenoxy) is 2. The van der Waals surface area contributed by atoms with Crippen LogP contribution in [0.2, 0.25) is 0 Å². The second-order valence-electron chi connectivity index (χ2n) is 5.90. The summed E-state index contributed by atoms with van der Waals surface area (Å²) in [6.45, 7) is 2.84. The van der Waals surface area contributed by atoms with Crippen molar-refractivity contribution in [3.63, 3.8) is 0 Å². The molecule has 1 unspecified atom stereocenters. The topological polar surface area (TPSA) is 81.3 Å². The molecule has 0 aliphatic heterocycles. The highest BCUT2D eigenvalue weighted by atomic mass is 32.2. The summed E-state index contributed by atoms with van der Waals surface area (Å²) in [6, 6.07) is 0. The van der Waals surface area contributed by atoms with Crippen molar-refractivity contribution in [1.29, 1.82) is 0 Å². The number of thioether (sulfide) groups is 1. The van der Waals surface area contributed by atoms with Gasteiger partial charge in [0.15, 0.2) is 5.16 Å². The predicted octanol–water partition coefficient (Wildman–Crippen LogP) is 2.39. The van der Waals surface area contributed by atoms with Crippen LogP contribution in [0.25, 0.3) is 10.2 Å². The van der Waals surface area contributed by atoms with Gasteiger partial charge in [0.2, 0.25) is 0 Å². The van der Waals surface area contributed by atoms with Crippen molar-refractivity contribution in [1.82, 2.24) is 9.97 Å². The van der Waals surface area contributed by atoms with Crippen molar-refractivity contribution >= 4 is 39.3 Å². The lowest BCUT2D eigenvalue weighted by atomic mass is 9.89. The Balaban J connectivity index is 1.74. The van der Waals surface area contributed by atoms with E-state index in [2.05, 4.69) is 16.9 Å². The molecule has 24 heavy (non-hydrogen) atoms. The molecule has 1 aliphatic carbocycles. The molecule has 130 valence electrons. The number of esters is 1. The van der Waals surface area contributed by atoms with Crippen molar-refractivity contribution in [3.05, 3.63) is 20.8 Å². The second-order valence-corrected chi connectivity index (χ2v) is 7.95. The molecule has 0 aromatic carbocycles. The lowest BCUT2D eigenvalue weighted by Crippen LogP contribution is -2.14. The maximum Gasteiger partial charge on any atom is 0.316 e. The summed E-state index contributed by atoms with van der Waals surface area (Å²) in [4.78, 5) is 33.4. The second kappa shape index (κ2) is 7.67. The Kier molecular flexibility index (Phi) is 5.57. The van der Waals surface area contributed by atoms with Crippen LogP contribution in [0.4, 0.5) is 0 Å². The number of carbonyl (C=O) groups is 1. The molecule has 2 aromatic heterocycles. The van der Waals surface area contributed by atoms with Gasteiger partial charge in [0.1, 0.15) is 11.4 Å². The molecule has 0 saturated carbocycles. The van der Waals surface area contributed by atoms with Gasteiger partial charge in [-0.2, -0.15) is 0 Å². The predicted molar refractivity (Wildman–Crippen MR) is 95.0 cm³/mol. The molecule has 3 rings (SSSR count). The first-order valence-electron chi connectivity index (χ1n) is 7.90. The van der Waals surface area contributed by atoms with E-state index in [4.69, 9.17) is 9.47 Å². The van der Waals surface area contributed by atoms with Gasteiger partial charge in [-0.05, 0) is 30.7 Å². The van der Waals surface area contributed by atoms with E-state index in [-0.39, 0.29) is 23.9 Å². The monoisotopic (exact) mass is 368 g/mol. The van der Waals surface area contributed by atoms with E-state index in [0.29, 0.717) is 17.7 Å². The number of rotatable bonds is 6. The van der Waals surface area contributed by atoms with Crippen LogP contribution in [0.5, 0.6) is 0 Å². The Morgan fingerprint density at radius 2 is 2.29 bits per heavy atom. The van der Waals surface area contributed by atoms with E-state index in [1.54, 1.807) is 18.4 Å². The van der Waals surface area contributed by atoms with Crippen molar-refractivity contribution < 1.29 is 14.3 Å². The normalized spacial score (nSPS) is 17.0. The van der Waals surface area contributed by atoms with Gasteiger partial charge in [-0.1, -0.05) is 18.7 Å². The zero-order valence-corrected chi connectivity index (χ0v) is 15.3. The number of nitrogens with zero attached hydrogens (tertiary/aromatic N) is 1. The number of methoxy groups -OCH3 is 1. The van der Waals surface area contributed by atoms with Crippen LogP contribution in [0.15, 0.2) is 9.95 Å². The average Bonchev–Trinajstić information content (AvgIpc) is 2.90. The molecule has 6 nitrogen and oxygen atoms in total. The highest BCUT2D eigenvalue weighted by molar-refractivity contribution is 7.99. The first-order valence-corrected chi connectivity index (χ1v) is 9.70. The van der Waals surface area contributed by atoms with Crippen LogP contribution < -0.4 is 5.56 Å². The molecular formula is C16H20N2O4S2. The summed E-state index contributed by atoms with van der Waals surface area (Å²) in [6.07, 6.45) is 3.08. The molecule has 0 amide bonds. The maximum atomic E-state index is 12.4. The fraction of sp³-hybridized carbons (Fsp3) is 0.562. The summed E-state index contributed by atoms with van der Waals surface area (Å²) < 4.78 is 9.82. The highest BCUT2D eigenvalue weighted by Gasteiger charge is 2.23. The number of nitrogens with one attached hydrogen (secondary N) is 1. The molecule has 1 aliphatic rings. The van der Waals surface area contributed by atoms with Crippen LogP contribution in [0.3, 0.4) is 0 Å². The van der Waals surface area contributed by atoms with E-state index in [0.717, 1.165) is 35.0 Å². The number of hydrogen-bond donors (Lipinski definition) is 1. The van der Waals surface area contributed by atoms with Crippen LogP contribution in [0.1, 0.15) is 23.8 Å². The van der Waals surface area contributed by atoms with Crippen molar-refractivity contribution in [2.75, 3.05) is 26.1 Å². The summed E-state index contributed by atoms with van der Waals surface area (Å²) in [5, 5.41) is 1.19. The Labute approximate surface area is 148 Å². The Morgan fingerprint density at radius 1 is 1.46 bits per heavy atom. The number of thiophene rings is 1. The van der Waals surface area contributed by atoms with Crippen molar-refractivity contribution in [2.45, 2.75) is 31.3 Å². The summed E-state index contributed by atoms with van der Waals surface area (Å²) in [5.41, 5.74) is 1.06. The minimum Gasteiger partial charge on any atom is -0.463 e. The number of aryl methyl sites for hydroxylation is 1. The Hall–Kier alpha value is -1.38. The van der Waals surface area contributed by atoms with Crippen LogP contribution in [0, 0.1) is 5.92 Å². The molecule has 0 fully saturated rings. The van der Waals surface area contributed by atoms with Crippen molar-refractivity contribution in [2.24, 2.45) is 5.92 Å². The number of H-pyrrole nitrogens is 1. The third-order valence-electron chi connectivity index (χ3n) is 4.02. The molecule has 0 saturated heterocycles. The van der Waals surface area contributed by atoms with Gasteiger partial charge in [0.05, 0.1) is 17.7 Å². The summed E-state index contributed by atoms with van der Waals surface area (Å²) in [5.74, 6) is 0.416. The lowest BCUT2D eigenvalue weighted by molar-refractivity contribution is -0.141. The van der Waals surface area contributed by atoms with Crippen LogP contribution in [-0.4, -0.2) is 42.0 Å². The van der Waals surface area contributed by atoms with E-state index >= 15 is 0 Å². The van der Waals surface area contributed by atoms with Crippen LogP contribution in [-0.2, 0) is 27.1 Å². The molecule has 0 bridgehead atoms. The SMILES string of the molecule is COCCOC(=O)CSc1nc2sc3c(c2c(=O)[nH]1)CCC(C)C3.